The average molecular weight is 432 g/mol. The highest BCUT2D eigenvalue weighted by Crippen LogP contribution is 2.35. The zero-order chi connectivity index (χ0) is 18.8. The van der Waals surface area contributed by atoms with Gasteiger partial charge in [0.15, 0.2) is 17.3 Å². The van der Waals surface area contributed by atoms with E-state index in [1.54, 1.807) is 42.7 Å². The third-order valence-corrected chi connectivity index (χ3v) is 4.78. The maximum atomic E-state index is 14.3. The number of amides is 1. The fraction of sp³-hybridized carbons (Fsp3) is 0.158. The zero-order valence-corrected chi connectivity index (χ0v) is 15.7. The van der Waals surface area contributed by atoms with Crippen molar-refractivity contribution in [3.63, 3.8) is 0 Å². The smallest absolute Gasteiger partial charge is 0.228 e. The first-order chi connectivity index (χ1) is 13.1. The first kappa shape index (κ1) is 17.5. The lowest BCUT2D eigenvalue weighted by Crippen LogP contribution is -2.17. The zero-order valence-electron chi connectivity index (χ0n) is 14.1. The number of hydrogen-bond donors (Lipinski definition) is 1. The van der Waals surface area contributed by atoms with Crippen molar-refractivity contribution in [2.75, 3.05) is 18.5 Å². The standard InChI is InChI=1S/C19H15BrFN3O3/c20-14-11-18-17(26-6-7-27-18)8-12(14)9-19(25)23-13-2-3-16(15(21)10-13)24-5-1-4-22-24/h1-5,8,10-11H,6-7,9H2,(H,23,25). The van der Waals surface area contributed by atoms with Gasteiger partial charge in [0.25, 0.3) is 0 Å². The highest BCUT2D eigenvalue weighted by atomic mass is 79.9. The minimum atomic E-state index is -0.475. The van der Waals surface area contributed by atoms with Gasteiger partial charge in [0, 0.05) is 22.6 Å². The molecule has 3 aromatic rings. The minimum Gasteiger partial charge on any atom is -0.486 e. The van der Waals surface area contributed by atoms with Gasteiger partial charge in [0.05, 0.1) is 6.42 Å². The second-order valence-corrected chi connectivity index (χ2v) is 6.78. The molecule has 1 aliphatic rings. The third kappa shape index (κ3) is 3.80. The van der Waals surface area contributed by atoms with Gasteiger partial charge in [-0.2, -0.15) is 5.10 Å². The van der Waals surface area contributed by atoms with Crippen molar-refractivity contribution in [1.29, 1.82) is 0 Å². The van der Waals surface area contributed by atoms with Crippen LogP contribution in [-0.4, -0.2) is 28.9 Å². The van der Waals surface area contributed by atoms with Crippen molar-refractivity contribution in [2.45, 2.75) is 6.42 Å². The minimum absolute atomic E-state index is 0.111. The molecule has 0 aliphatic carbocycles. The molecule has 1 N–H and O–H groups in total. The summed E-state index contributed by atoms with van der Waals surface area (Å²) in [5.74, 6) is 0.520. The SMILES string of the molecule is O=C(Cc1cc2c(cc1Br)OCCO2)Nc1ccc(-n2cccn2)c(F)c1. The van der Waals surface area contributed by atoms with Crippen molar-refractivity contribution in [2.24, 2.45) is 0 Å². The summed E-state index contributed by atoms with van der Waals surface area (Å²) in [7, 11) is 0. The highest BCUT2D eigenvalue weighted by molar-refractivity contribution is 9.10. The summed E-state index contributed by atoms with van der Waals surface area (Å²) < 4.78 is 27.5. The largest absolute Gasteiger partial charge is 0.486 e. The Morgan fingerprint density at radius 2 is 2.00 bits per heavy atom. The number of carbonyl (C=O) groups is 1. The number of rotatable bonds is 4. The summed E-state index contributed by atoms with van der Waals surface area (Å²) in [6, 6.07) is 9.75. The van der Waals surface area contributed by atoms with Gasteiger partial charge in [-0.3, -0.25) is 4.79 Å². The number of fused-ring (bicyclic) bond motifs is 1. The number of halogens is 2. The molecule has 0 saturated heterocycles. The molecule has 4 rings (SSSR count). The van der Waals surface area contributed by atoms with Crippen molar-refractivity contribution >= 4 is 27.5 Å². The Morgan fingerprint density at radius 1 is 1.22 bits per heavy atom. The molecule has 0 radical (unpaired) electrons. The fourth-order valence-corrected chi connectivity index (χ4v) is 3.26. The quantitative estimate of drug-likeness (QED) is 0.683. The number of nitrogens with one attached hydrogen (secondary N) is 1. The van der Waals surface area contributed by atoms with Crippen LogP contribution in [0.2, 0.25) is 0 Å². The number of carbonyl (C=O) groups excluding carboxylic acids is 1. The summed E-state index contributed by atoms with van der Waals surface area (Å²) in [4.78, 5) is 12.4. The Kier molecular flexibility index (Phi) is 4.81. The van der Waals surface area contributed by atoms with Crippen LogP contribution in [0, 0.1) is 5.82 Å². The van der Waals surface area contributed by atoms with E-state index in [4.69, 9.17) is 9.47 Å². The van der Waals surface area contributed by atoms with Crippen LogP contribution >= 0.6 is 15.9 Å². The second kappa shape index (κ2) is 7.40. The topological polar surface area (TPSA) is 65.4 Å². The van der Waals surface area contributed by atoms with Gasteiger partial charge in [0.2, 0.25) is 5.91 Å². The maximum Gasteiger partial charge on any atom is 0.228 e. The predicted octanol–water partition coefficient (Wildman–Crippen LogP) is 3.73. The fourth-order valence-electron chi connectivity index (χ4n) is 2.80. The van der Waals surface area contributed by atoms with Crippen LogP contribution in [0.15, 0.2) is 53.3 Å². The van der Waals surface area contributed by atoms with Gasteiger partial charge < -0.3 is 14.8 Å². The maximum absolute atomic E-state index is 14.3. The van der Waals surface area contributed by atoms with E-state index in [9.17, 15) is 9.18 Å². The molecule has 0 saturated carbocycles. The number of hydrogen-bond acceptors (Lipinski definition) is 4. The first-order valence-corrected chi connectivity index (χ1v) is 9.07. The molecule has 2 aromatic carbocycles. The number of ether oxygens (including phenoxy) is 2. The molecule has 6 nitrogen and oxygen atoms in total. The Hall–Kier alpha value is -2.87. The third-order valence-electron chi connectivity index (χ3n) is 4.04. The van der Waals surface area contributed by atoms with E-state index in [0.717, 1.165) is 10.0 Å². The lowest BCUT2D eigenvalue weighted by molar-refractivity contribution is -0.115. The molecular weight excluding hydrogens is 417 g/mol. The van der Waals surface area contributed by atoms with Gasteiger partial charge in [-0.05, 0) is 42.0 Å². The van der Waals surface area contributed by atoms with E-state index < -0.39 is 5.82 Å². The summed E-state index contributed by atoms with van der Waals surface area (Å²) in [6.07, 6.45) is 3.33. The lowest BCUT2D eigenvalue weighted by Gasteiger charge is -2.19. The van der Waals surface area contributed by atoms with Crippen molar-refractivity contribution in [3.05, 3.63) is 64.6 Å². The molecule has 0 fully saturated rings. The van der Waals surface area contributed by atoms with E-state index in [2.05, 4.69) is 26.3 Å². The van der Waals surface area contributed by atoms with E-state index >= 15 is 0 Å². The second-order valence-electron chi connectivity index (χ2n) is 5.93. The molecule has 138 valence electrons. The van der Waals surface area contributed by atoms with Gasteiger partial charge >= 0.3 is 0 Å². The summed E-state index contributed by atoms with van der Waals surface area (Å²) in [5, 5.41) is 6.71. The van der Waals surface area contributed by atoms with E-state index in [0.29, 0.717) is 36.1 Å². The van der Waals surface area contributed by atoms with Crippen LogP contribution in [0.5, 0.6) is 11.5 Å². The molecule has 1 aliphatic heterocycles. The first-order valence-electron chi connectivity index (χ1n) is 8.27. The van der Waals surface area contributed by atoms with E-state index in [1.807, 2.05) is 0 Å². The van der Waals surface area contributed by atoms with Crippen LogP contribution in [0.25, 0.3) is 5.69 Å². The van der Waals surface area contributed by atoms with Gasteiger partial charge in [-0.25, -0.2) is 9.07 Å². The van der Waals surface area contributed by atoms with Crippen LogP contribution in [0.1, 0.15) is 5.56 Å². The number of benzene rings is 2. The Morgan fingerprint density at radius 3 is 2.70 bits per heavy atom. The van der Waals surface area contributed by atoms with Crippen LogP contribution in [-0.2, 0) is 11.2 Å². The molecular formula is C19H15BrFN3O3. The van der Waals surface area contributed by atoms with Crippen LogP contribution in [0.4, 0.5) is 10.1 Å². The molecule has 8 heteroatoms. The molecule has 0 bridgehead atoms. The molecule has 1 aromatic heterocycles. The van der Waals surface area contributed by atoms with Crippen LogP contribution in [0.3, 0.4) is 0 Å². The average Bonchev–Trinajstić information content (AvgIpc) is 3.17. The molecule has 1 amide bonds. The summed E-state index contributed by atoms with van der Waals surface area (Å²) >= 11 is 3.45. The van der Waals surface area contributed by atoms with Crippen molar-refractivity contribution in [3.8, 4) is 17.2 Å². The molecule has 27 heavy (non-hydrogen) atoms. The normalized spacial score (nSPS) is 12.7. The predicted molar refractivity (Wildman–Crippen MR) is 101 cm³/mol. The van der Waals surface area contributed by atoms with E-state index in [1.165, 1.54) is 10.7 Å². The van der Waals surface area contributed by atoms with Gasteiger partial charge in [0.1, 0.15) is 18.9 Å². The molecule has 2 heterocycles. The van der Waals surface area contributed by atoms with E-state index in [-0.39, 0.29) is 12.3 Å². The number of nitrogens with zero attached hydrogens (tertiary/aromatic N) is 2. The number of anilines is 1. The highest BCUT2D eigenvalue weighted by Gasteiger charge is 2.17. The summed E-state index contributed by atoms with van der Waals surface area (Å²) in [5.41, 5.74) is 1.44. The van der Waals surface area contributed by atoms with Crippen LogP contribution < -0.4 is 14.8 Å². The number of aromatic nitrogens is 2. The van der Waals surface area contributed by atoms with Gasteiger partial charge in [-0.1, -0.05) is 15.9 Å². The molecule has 0 unspecified atom stereocenters. The molecule has 0 spiro atoms. The Labute approximate surface area is 163 Å². The van der Waals surface area contributed by atoms with Crippen molar-refractivity contribution < 1.29 is 18.7 Å². The lowest BCUT2D eigenvalue weighted by atomic mass is 10.1. The van der Waals surface area contributed by atoms with Crippen molar-refractivity contribution in [1.82, 2.24) is 9.78 Å². The monoisotopic (exact) mass is 431 g/mol. The van der Waals surface area contributed by atoms with Gasteiger partial charge in [-0.15, -0.1) is 0 Å². The Bertz CT molecular complexity index is 992. The Balaban J connectivity index is 1.48. The summed E-state index contributed by atoms with van der Waals surface area (Å²) in [6.45, 7) is 0.974. The molecule has 0 atom stereocenters.